The minimum Gasteiger partial charge on any atom is -0.399 e. The SMILES string of the molecule is COCCC(C)Nc1ccc2cc(N)ccc2n1. The molecule has 2 rings (SSSR count). The van der Waals surface area contributed by atoms with Crippen LogP contribution in [0.5, 0.6) is 0 Å². The van der Waals surface area contributed by atoms with Gasteiger partial charge in [-0.05, 0) is 43.7 Å². The molecule has 0 aliphatic rings. The van der Waals surface area contributed by atoms with E-state index in [1.807, 2.05) is 30.3 Å². The smallest absolute Gasteiger partial charge is 0.126 e. The Hall–Kier alpha value is -1.81. The van der Waals surface area contributed by atoms with Crippen molar-refractivity contribution in [1.29, 1.82) is 0 Å². The van der Waals surface area contributed by atoms with Crippen LogP contribution in [0.1, 0.15) is 13.3 Å². The number of benzene rings is 1. The zero-order valence-corrected chi connectivity index (χ0v) is 10.8. The van der Waals surface area contributed by atoms with E-state index in [0.29, 0.717) is 6.04 Å². The van der Waals surface area contributed by atoms with E-state index in [9.17, 15) is 0 Å². The molecule has 3 N–H and O–H groups in total. The third kappa shape index (κ3) is 3.11. The van der Waals surface area contributed by atoms with E-state index in [1.165, 1.54) is 0 Å². The number of fused-ring (bicyclic) bond motifs is 1. The second-order valence-corrected chi connectivity index (χ2v) is 4.48. The molecule has 0 spiro atoms. The van der Waals surface area contributed by atoms with Crippen LogP contribution in [-0.4, -0.2) is 24.7 Å². The van der Waals surface area contributed by atoms with Gasteiger partial charge < -0.3 is 15.8 Å². The molecule has 0 aliphatic heterocycles. The number of anilines is 2. The molecule has 0 saturated carbocycles. The van der Waals surface area contributed by atoms with Crippen molar-refractivity contribution in [3.05, 3.63) is 30.3 Å². The summed E-state index contributed by atoms with van der Waals surface area (Å²) in [7, 11) is 1.71. The average Bonchev–Trinajstić information content (AvgIpc) is 2.36. The monoisotopic (exact) mass is 245 g/mol. The largest absolute Gasteiger partial charge is 0.399 e. The number of ether oxygens (including phenoxy) is 1. The molecular weight excluding hydrogens is 226 g/mol. The van der Waals surface area contributed by atoms with Gasteiger partial charge in [-0.1, -0.05) is 0 Å². The molecule has 0 bridgehead atoms. The third-order valence-corrected chi connectivity index (χ3v) is 2.86. The lowest BCUT2D eigenvalue weighted by molar-refractivity contribution is 0.191. The number of nitrogens with two attached hydrogens (primary N) is 1. The molecule has 4 heteroatoms. The topological polar surface area (TPSA) is 60.2 Å². The number of nitrogens with one attached hydrogen (secondary N) is 1. The Morgan fingerprint density at radius 3 is 2.94 bits per heavy atom. The number of pyridine rings is 1. The fourth-order valence-electron chi connectivity index (χ4n) is 1.84. The van der Waals surface area contributed by atoms with Gasteiger partial charge in [0.2, 0.25) is 0 Å². The number of hydrogen-bond acceptors (Lipinski definition) is 4. The number of nitrogen functional groups attached to an aromatic ring is 1. The zero-order chi connectivity index (χ0) is 13.0. The lowest BCUT2D eigenvalue weighted by Gasteiger charge is -2.14. The lowest BCUT2D eigenvalue weighted by Crippen LogP contribution is -2.17. The Kier molecular flexibility index (Phi) is 3.99. The van der Waals surface area contributed by atoms with Gasteiger partial charge in [0.05, 0.1) is 5.52 Å². The molecule has 1 unspecified atom stereocenters. The Morgan fingerprint density at radius 1 is 1.33 bits per heavy atom. The second kappa shape index (κ2) is 5.69. The highest BCUT2D eigenvalue weighted by molar-refractivity contribution is 5.83. The van der Waals surface area contributed by atoms with Gasteiger partial charge in [-0.3, -0.25) is 0 Å². The third-order valence-electron chi connectivity index (χ3n) is 2.86. The van der Waals surface area contributed by atoms with Crippen LogP contribution in [0.4, 0.5) is 11.5 Å². The molecule has 0 amide bonds. The molecule has 0 aliphatic carbocycles. The van der Waals surface area contributed by atoms with Crippen molar-refractivity contribution in [2.75, 3.05) is 24.8 Å². The highest BCUT2D eigenvalue weighted by atomic mass is 16.5. The van der Waals surface area contributed by atoms with Crippen LogP contribution in [0.25, 0.3) is 10.9 Å². The molecule has 1 aromatic carbocycles. The maximum atomic E-state index is 5.74. The normalized spacial score (nSPS) is 12.6. The quantitative estimate of drug-likeness (QED) is 0.795. The van der Waals surface area contributed by atoms with Gasteiger partial charge in [-0.15, -0.1) is 0 Å². The molecule has 4 nitrogen and oxygen atoms in total. The van der Waals surface area contributed by atoms with Crippen molar-refractivity contribution in [2.24, 2.45) is 0 Å². The first-order valence-corrected chi connectivity index (χ1v) is 6.11. The Labute approximate surface area is 107 Å². The van der Waals surface area contributed by atoms with Crippen LogP contribution >= 0.6 is 0 Å². The molecule has 18 heavy (non-hydrogen) atoms. The summed E-state index contributed by atoms with van der Waals surface area (Å²) in [5.41, 5.74) is 7.45. The van der Waals surface area contributed by atoms with Crippen LogP contribution in [0.15, 0.2) is 30.3 Å². The van der Waals surface area contributed by atoms with E-state index >= 15 is 0 Å². The summed E-state index contributed by atoms with van der Waals surface area (Å²) in [6, 6.07) is 10.1. The predicted octanol–water partition coefficient (Wildman–Crippen LogP) is 2.65. The molecule has 1 atom stereocenters. The van der Waals surface area contributed by atoms with Crippen molar-refractivity contribution < 1.29 is 4.74 Å². The predicted molar refractivity (Wildman–Crippen MR) is 75.7 cm³/mol. The molecular formula is C14H19N3O. The number of hydrogen-bond donors (Lipinski definition) is 2. The van der Waals surface area contributed by atoms with Crippen LogP contribution in [0.3, 0.4) is 0 Å². The first-order chi connectivity index (χ1) is 8.69. The fraction of sp³-hybridized carbons (Fsp3) is 0.357. The highest BCUT2D eigenvalue weighted by Gasteiger charge is 2.03. The van der Waals surface area contributed by atoms with Crippen molar-refractivity contribution in [3.8, 4) is 0 Å². The van der Waals surface area contributed by atoms with Gasteiger partial charge in [0.15, 0.2) is 0 Å². The Bertz CT molecular complexity index is 527. The number of methoxy groups -OCH3 is 1. The summed E-state index contributed by atoms with van der Waals surface area (Å²) in [5, 5.41) is 4.42. The summed E-state index contributed by atoms with van der Waals surface area (Å²) in [4.78, 5) is 4.56. The summed E-state index contributed by atoms with van der Waals surface area (Å²) in [6.07, 6.45) is 0.956. The van der Waals surface area contributed by atoms with E-state index in [1.54, 1.807) is 7.11 Å². The van der Waals surface area contributed by atoms with Gasteiger partial charge in [0.25, 0.3) is 0 Å². The first kappa shape index (κ1) is 12.6. The van der Waals surface area contributed by atoms with E-state index in [4.69, 9.17) is 10.5 Å². The average molecular weight is 245 g/mol. The Balaban J connectivity index is 2.12. The number of rotatable bonds is 5. The molecule has 96 valence electrons. The van der Waals surface area contributed by atoms with E-state index in [-0.39, 0.29) is 0 Å². The van der Waals surface area contributed by atoms with E-state index in [0.717, 1.165) is 35.4 Å². The summed E-state index contributed by atoms with van der Waals surface area (Å²) in [6.45, 7) is 2.87. The van der Waals surface area contributed by atoms with Crippen LogP contribution in [0, 0.1) is 0 Å². The van der Waals surface area contributed by atoms with Crippen molar-refractivity contribution in [1.82, 2.24) is 4.98 Å². The lowest BCUT2D eigenvalue weighted by atomic mass is 10.2. The highest BCUT2D eigenvalue weighted by Crippen LogP contribution is 2.18. The zero-order valence-electron chi connectivity index (χ0n) is 10.8. The van der Waals surface area contributed by atoms with Gasteiger partial charge in [0.1, 0.15) is 5.82 Å². The molecule has 0 fully saturated rings. The van der Waals surface area contributed by atoms with Crippen molar-refractivity contribution in [3.63, 3.8) is 0 Å². The van der Waals surface area contributed by atoms with Crippen LogP contribution < -0.4 is 11.1 Å². The number of aromatic nitrogens is 1. The minimum absolute atomic E-state index is 0.337. The summed E-state index contributed by atoms with van der Waals surface area (Å²) in [5.74, 6) is 0.885. The number of nitrogens with zero attached hydrogens (tertiary/aromatic N) is 1. The first-order valence-electron chi connectivity index (χ1n) is 6.11. The summed E-state index contributed by atoms with van der Waals surface area (Å²) < 4.78 is 5.06. The van der Waals surface area contributed by atoms with Gasteiger partial charge in [0, 0.05) is 30.8 Å². The van der Waals surface area contributed by atoms with Crippen molar-refractivity contribution in [2.45, 2.75) is 19.4 Å². The Morgan fingerprint density at radius 2 is 2.17 bits per heavy atom. The van der Waals surface area contributed by atoms with Gasteiger partial charge in [-0.25, -0.2) is 4.98 Å². The van der Waals surface area contributed by atoms with E-state index < -0.39 is 0 Å². The summed E-state index contributed by atoms with van der Waals surface area (Å²) >= 11 is 0. The fourth-order valence-corrected chi connectivity index (χ4v) is 1.84. The maximum Gasteiger partial charge on any atom is 0.126 e. The van der Waals surface area contributed by atoms with Crippen LogP contribution in [-0.2, 0) is 4.74 Å². The van der Waals surface area contributed by atoms with Gasteiger partial charge >= 0.3 is 0 Å². The molecule has 1 heterocycles. The minimum atomic E-state index is 0.337. The van der Waals surface area contributed by atoms with Gasteiger partial charge in [-0.2, -0.15) is 0 Å². The standard InChI is InChI=1S/C14H19N3O/c1-10(7-8-18-2)16-14-6-3-11-9-12(15)4-5-13(11)17-14/h3-6,9-10H,7-8,15H2,1-2H3,(H,16,17). The second-order valence-electron chi connectivity index (χ2n) is 4.48. The molecule has 2 aromatic rings. The van der Waals surface area contributed by atoms with Crippen LogP contribution in [0.2, 0.25) is 0 Å². The molecule has 1 aromatic heterocycles. The molecule has 0 radical (unpaired) electrons. The molecule has 0 saturated heterocycles. The van der Waals surface area contributed by atoms with Crippen molar-refractivity contribution >= 4 is 22.4 Å². The van der Waals surface area contributed by atoms with E-state index in [2.05, 4.69) is 17.2 Å². The maximum absolute atomic E-state index is 5.74.